The van der Waals surface area contributed by atoms with Crippen molar-refractivity contribution < 1.29 is 33.3 Å². The third kappa shape index (κ3) is 5.20. The Hall–Kier alpha value is -3.44. The monoisotopic (exact) mass is 477 g/mol. The van der Waals surface area contributed by atoms with Crippen LogP contribution in [0.5, 0.6) is 34.5 Å². The standard InChI is InChI=1S/C23H31N3O8/c1-29-18-7-15(8-19(30-2)22(18)33-5)11-24-13-17(26(27)28)14-25(24)12-16-9-20(31-3)23(34-6)21(10-16)32-4/h7-10,17H,11-14H2,1-6H3. The van der Waals surface area contributed by atoms with E-state index in [-0.39, 0.29) is 18.0 Å². The van der Waals surface area contributed by atoms with Gasteiger partial charge in [0.15, 0.2) is 23.0 Å². The summed E-state index contributed by atoms with van der Waals surface area (Å²) in [6.45, 7) is 1.39. The van der Waals surface area contributed by atoms with E-state index in [1.807, 2.05) is 34.3 Å². The Bertz CT molecular complexity index is 892. The van der Waals surface area contributed by atoms with Crippen LogP contribution in [0.3, 0.4) is 0 Å². The van der Waals surface area contributed by atoms with Gasteiger partial charge in [0.1, 0.15) is 0 Å². The maximum absolute atomic E-state index is 11.6. The Balaban J connectivity index is 1.91. The molecule has 0 bridgehead atoms. The van der Waals surface area contributed by atoms with Crippen molar-refractivity contribution in [3.8, 4) is 34.5 Å². The second kappa shape index (κ2) is 11.1. The van der Waals surface area contributed by atoms with Gasteiger partial charge in [0.25, 0.3) is 0 Å². The Labute approximate surface area is 198 Å². The number of nitro groups is 1. The number of hydrogen-bond acceptors (Lipinski definition) is 10. The summed E-state index contributed by atoms with van der Waals surface area (Å²) in [7, 11) is 9.29. The molecule has 1 aliphatic heterocycles. The van der Waals surface area contributed by atoms with Crippen LogP contribution < -0.4 is 28.4 Å². The van der Waals surface area contributed by atoms with Gasteiger partial charge >= 0.3 is 0 Å². The first kappa shape index (κ1) is 25.2. The van der Waals surface area contributed by atoms with Crippen LogP contribution in [0.1, 0.15) is 11.1 Å². The predicted octanol–water partition coefficient (Wildman–Crippen LogP) is 2.62. The molecule has 0 unspecified atom stereocenters. The largest absolute Gasteiger partial charge is 0.493 e. The Kier molecular flexibility index (Phi) is 8.24. The van der Waals surface area contributed by atoms with Gasteiger partial charge in [-0.2, -0.15) is 0 Å². The van der Waals surface area contributed by atoms with Crippen LogP contribution in [0, 0.1) is 10.1 Å². The van der Waals surface area contributed by atoms with Crippen molar-refractivity contribution in [1.29, 1.82) is 0 Å². The van der Waals surface area contributed by atoms with E-state index in [4.69, 9.17) is 28.4 Å². The molecule has 0 aromatic heterocycles. The first-order valence-corrected chi connectivity index (χ1v) is 10.6. The van der Waals surface area contributed by atoms with Crippen molar-refractivity contribution in [3.63, 3.8) is 0 Å². The topological polar surface area (TPSA) is 105 Å². The summed E-state index contributed by atoms with van der Waals surface area (Å²) in [6, 6.07) is 6.66. The molecular formula is C23H31N3O8. The minimum Gasteiger partial charge on any atom is -0.493 e. The van der Waals surface area contributed by atoms with Crippen LogP contribution in [0.25, 0.3) is 0 Å². The highest BCUT2D eigenvalue weighted by Crippen LogP contribution is 2.40. The maximum Gasteiger partial charge on any atom is 0.240 e. The number of hydrazine groups is 1. The molecule has 34 heavy (non-hydrogen) atoms. The number of ether oxygens (including phenoxy) is 6. The zero-order chi connectivity index (χ0) is 24.8. The molecule has 1 heterocycles. The molecular weight excluding hydrogens is 446 g/mol. The molecule has 0 N–H and O–H groups in total. The molecule has 0 atom stereocenters. The summed E-state index contributed by atoms with van der Waals surface area (Å²) in [5.41, 5.74) is 1.74. The van der Waals surface area contributed by atoms with Gasteiger partial charge in [-0.25, -0.2) is 10.0 Å². The minimum atomic E-state index is -0.718. The molecule has 1 fully saturated rings. The van der Waals surface area contributed by atoms with Crippen molar-refractivity contribution in [2.75, 3.05) is 55.7 Å². The maximum atomic E-state index is 11.6. The van der Waals surface area contributed by atoms with E-state index >= 15 is 0 Å². The number of hydrogen-bond donors (Lipinski definition) is 0. The summed E-state index contributed by atoms with van der Waals surface area (Å²) in [5, 5.41) is 15.5. The summed E-state index contributed by atoms with van der Waals surface area (Å²) >= 11 is 0. The Morgan fingerprint density at radius 2 is 1.03 bits per heavy atom. The van der Waals surface area contributed by atoms with E-state index in [1.165, 1.54) is 0 Å². The fourth-order valence-corrected chi connectivity index (χ4v) is 4.11. The molecule has 0 amide bonds. The van der Waals surface area contributed by atoms with E-state index < -0.39 is 6.04 Å². The highest BCUT2D eigenvalue weighted by atomic mass is 16.6. The average Bonchev–Trinajstić information content (AvgIpc) is 3.24. The van der Waals surface area contributed by atoms with Crippen molar-refractivity contribution in [2.45, 2.75) is 19.1 Å². The van der Waals surface area contributed by atoms with E-state index in [2.05, 4.69) is 0 Å². The predicted molar refractivity (Wildman–Crippen MR) is 124 cm³/mol. The molecule has 0 spiro atoms. The third-order valence-electron chi connectivity index (χ3n) is 5.72. The van der Waals surface area contributed by atoms with Crippen LogP contribution in [-0.2, 0) is 13.1 Å². The Morgan fingerprint density at radius 1 is 0.706 bits per heavy atom. The molecule has 0 radical (unpaired) electrons. The van der Waals surface area contributed by atoms with E-state index in [0.29, 0.717) is 47.6 Å². The highest BCUT2D eigenvalue weighted by molar-refractivity contribution is 5.54. The molecule has 2 aromatic rings. The number of benzene rings is 2. The van der Waals surface area contributed by atoms with Crippen molar-refractivity contribution >= 4 is 0 Å². The van der Waals surface area contributed by atoms with Crippen molar-refractivity contribution in [3.05, 3.63) is 45.5 Å². The lowest BCUT2D eigenvalue weighted by atomic mass is 10.1. The summed E-state index contributed by atoms with van der Waals surface area (Å²) in [5.74, 6) is 3.09. The molecule has 11 nitrogen and oxygen atoms in total. The fraction of sp³-hybridized carbons (Fsp3) is 0.478. The molecule has 0 aliphatic carbocycles. The zero-order valence-corrected chi connectivity index (χ0v) is 20.3. The minimum absolute atomic E-state index is 0.239. The molecule has 1 saturated heterocycles. The van der Waals surface area contributed by atoms with Gasteiger partial charge in [0.2, 0.25) is 17.5 Å². The van der Waals surface area contributed by atoms with Gasteiger partial charge in [-0.1, -0.05) is 0 Å². The van der Waals surface area contributed by atoms with Gasteiger partial charge in [-0.05, 0) is 35.4 Å². The first-order valence-electron chi connectivity index (χ1n) is 10.6. The van der Waals surface area contributed by atoms with Crippen molar-refractivity contribution in [2.24, 2.45) is 0 Å². The SMILES string of the molecule is COc1cc(CN2CC([N+](=O)[O-])CN2Cc2cc(OC)c(OC)c(OC)c2)cc(OC)c1OC. The fourth-order valence-electron chi connectivity index (χ4n) is 4.11. The Morgan fingerprint density at radius 3 is 1.26 bits per heavy atom. The number of methoxy groups -OCH3 is 6. The molecule has 186 valence electrons. The average molecular weight is 478 g/mol. The smallest absolute Gasteiger partial charge is 0.240 e. The van der Waals surface area contributed by atoms with Gasteiger partial charge in [-0.3, -0.25) is 10.1 Å². The zero-order valence-electron chi connectivity index (χ0n) is 20.3. The molecule has 0 saturated carbocycles. The number of rotatable bonds is 11. The highest BCUT2D eigenvalue weighted by Gasteiger charge is 2.37. The van der Waals surface area contributed by atoms with E-state index in [9.17, 15) is 10.1 Å². The van der Waals surface area contributed by atoms with E-state index in [1.54, 1.807) is 42.7 Å². The van der Waals surface area contributed by atoms with Gasteiger partial charge < -0.3 is 28.4 Å². The van der Waals surface area contributed by atoms with Crippen LogP contribution in [0.15, 0.2) is 24.3 Å². The third-order valence-corrected chi connectivity index (χ3v) is 5.72. The second-order valence-electron chi connectivity index (χ2n) is 7.70. The first-order chi connectivity index (χ1) is 16.4. The molecule has 3 rings (SSSR count). The normalized spacial score (nSPS) is 14.6. The summed E-state index contributed by atoms with van der Waals surface area (Å²) in [4.78, 5) is 11.4. The lowest BCUT2D eigenvalue weighted by molar-refractivity contribution is -0.515. The van der Waals surface area contributed by atoms with Gasteiger partial charge in [-0.15, -0.1) is 0 Å². The number of nitrogens with zero attached hydrogens (tertiary/aromatic N) is 3. The molecule has 2 aromatic carbocycles. The van der Waals surface area contributed by atoms with Crippen LogP contribution >= 0.6 is 0 Å². The van der Waals surface area contributed by atoms with Crippen LogP contribution in [-0.4, -0.2) is 76.7 Å². The van der Waals surface area contributed by atoms with Crippen LogP contribution in [0.4, 0.5) is 0 Å². The summed E-state index contributed by atoms with van der Waals surface area (Å²) in [6.07, 6.45) is 0. The van der Waals surface area contributed by atoms with Gasteiger partial charge in [0, 0.05) is 18.0 Å². The second-order valence-corrected chi connectivity index (χ2v) is 7.70. The lowest BCUT2D eigenvalue weighted by Crippen LogP contribution is -2.35. The van der Waals surface area contributed by atoms with E-state index in [0.717, 1.165) is 11.1 Å². The van der Waals surface area contributed by atoms with Crippen molar-refractivity contribution in [1.82, 2.24) is 10.0 Å². The molecule has 11 heteroatoms. The van der Waals surface area contributed by atoms with Crippen LogP contribution in [0.2, 0.25) is 0 Å². The molecule has 1 aliphatic rings. The summed E-state index contributed by atoms with van der Waals surface area (Å²) < 4.78 is 32.6. The quantitative estimate of drug-likeness (QED) is 0.354. The van der Waals surface area contributed by atoms with Gasteiger partial charge in [0.05, 0.1) is 55.7 Å². The lowest BCUT2D eigenvalue weighted by Gasteiger charge is -2.28.